The van der Waals surface area contributed by atoms with Crippen molar-refractivity contribution in [1.29, 1.82) is 0 Å². The Hall–Kier alpha value is -1.99. The van der Waals surface area contributed by atoms with Crippen molar-refractivity contribution in [2.24, 2.45) is 0 Å². The molecule has 2 aliphatic heterocycles. The second-order valence-corrected chi connectivity index (χ2v) is 10.1. The second-order valence-electron chi connectivity index (χ2n) is 9.32. The molecule has 180 valence electrons. The van der Waals surface area contributed by atoms with Crippen LogP contribution < -0.4 is 5.32 Å². The lowest BCUT2D eigenvalue weighted by Crippen LogP contribution is -2.44. The van der Waals surface area contributed by atoms with E-state index in [0.29, 0.717) is 0 Å². The molecule has 34 heavy (non-hydrogen) atoms. The van der Waals surface area contributed by atoms with E-state index < -0.39 is 0 Å². The summed E-state index contributed by atoms with van der Waals surface area (Å²) < 4.78 is 5.43. The van der Waals surface area contributed by atoms with Crippen LogP contribution in [-0.4, -0.2) is 72.4 Å². The van der Waals surface area contributed by atoms with Gasteiger partial charge in [0.15, 0.2) is 5.11 Å². The summed E-state index contributed by atoms with van der Waals surface area (Å²) in [5.41, 5.74) is 7.91. The number of hydrogen-bond donors (Lipinski definition) is 1. The Morgan fingerprint density at radius 2 is 1.82 bits per heavy atom. The Labute approximate surface area is 213 Å². The lowest BCUT2D eigenvalue weighted by molar-refractivity contribution is 0.0376. The third-order valence-corrected chi connectivity index (χ3v) is 7.80. The van der Waals surface area contributed by atoms with E-state index in [4.69, 9.17) is 33.5 Å². The summed E-state index contributed by atoms with van der Waals surface area (Å²) >= 11 is 12.1. The Kier molecular flexibility index (Phi) is 7.80. The normalized spacial score (nSPS) is 18.8. The van der Waals surface area contributed by atoms with Gasteiger partial charge >= 0.3 is 0 Å². The molecule has 3 heterocycles. The molecule has 1 aliphatic carbocycles. The number of thiocarbonyl (C=S) groups is 1. The summed E-state index contributed by atoms with van der Waals surface area (Å²) in [5.74, 6) is 0. The van der Waals surface area contributed by atoms with Gasteiger partial charge in [0.05, 0.1) is 18.9 Å². The van der Waals surface area contributed by atoms with Crippen LogP contribution in [-0.2, 0) is 17.6 Å². The van der Waals surface area contributed by atoms with Crippen LogP contribution in [0.4, 0.5) is 0 Å². The molecule has 0 atom stereocenters. The molecule has 0 unspecified atom stereocenters. The molecule has 0 amide bonds. The summed E-state index contributed by atoms with van der Waals surface area (Å²) in [6, 6.07) is 10.6. The van der Waals surface area contributed by atoms with E-state index in [2.05, 4.69) is 39.4 Å². The number of aromatic nitrogens is 1. The Morgan fingerprint density at radius 3 is 2.65 bits per heavy atom. The van der Waals surface area contributed by atoms with Gasteiger partial charge in [0.1, 0.15) is 0 Å². The topological polar surface area (TPSA) is 40.6 Å². The van der Waals surface area contributed by atoms with Crippen molar-refractivity contribution in [2.45, 2.75) is 32.1 Å². The number of nitrogens with zero attached hydrogens (tertiary/aromatic N) is 3. The van der Waals surface area contributed by atoms with Crippen molar-refractivity contribution in [3.05, 3.63) is 69.5 Å². The van der Waals surface area contributed by atoms with Crippen LogP contribution in [0, 0.1) is 0 Å². The number of aryl methyl sites for hydroxylation is 2. The minimum Gasteiger partial charge on any atom is -0.379 e. The van der Waals surface area contributed by atoms with Crippen LogP contribution in [0.3, 0.4) is 0 Å². The minimum absolute atomic E-state index is 0.807. The third kappa shape index (κ3) is 5.46. The van der Waals surface area contributed by atoms with Gasteiger partial charge in [-0.3, -0.25) is 9.88 Å². The summed E-state index contributed by atoms with van der Waals surface area (Å²) in [7, 11) is 0. The molecule has 1 aromatic carbocycles. The molecule has 3 aliphatic rings. The van der Waals surface area contributed by atoms with Crippen LogP contribution in [0.25, 0.3) is 5.57 Å². The maximum atomic E-state index is 6.36. The van der Waals surface area contributed by atoms with Crippen molar-refractivity contribution in [1.82, 2.24) is 20.1 Å². The van der Waals surface area contributed by atoms with Gasteiger partial charge in [-0.1, -0.05) is 29.3 Å². The SMILES string of the molecule is S=C(NCCCN1CCOCC1)N1CCC(=C2c3ccc(Cl)cc3CCc3cccnc32)CC1. The number of likely N-dealkylation sites (tertiary alicyclic amines) is 1. The van der Waals surface area contributed by atoms with Crippen LogP contribution in [0.5, 0.6) is 0 Å². The predicted molar refractivity (Wildman–Crippen MR) is 142 cm³/mol. The molecule has 1 aromatic heterocycles. The quantitative estimate of drug-likeness (QED) is 0.502. The Bertz CT molecular complexity index is 1060. The number of rotatable bonds is 4. The molecular weight excluding hydrogens is 464 g/mol. The number of pyridine rings is 1. The van der Waals surface area contributed by atoms with E-state index in [1.54, 1.807) is 0 Å². The molecule has 5 rings (SSSR count). The number of fused-ring (bicyclic) bond motifs is 2. The van der Waals surface area contributed by atoms with E-state index in [1.807, 2.05) is 12.3 Å². The van der Waals surface area contributed by atoms with Crippen LogP contribution >= 0.6 is 23.8 Å². The van der Waals surface area contributed by atoms with Gasteiger partial charge in [0.2, 0.25) is 0 Å². The van der Waals surface area contributed by atoms with Crippen molar-refractivity contribution < 1.29 is 4.74 Å². The maximum Gasteiger partial charge on any atom is 0.168 e. The molecule has 1 N–H and O–H groups in total. The number of hydrogen-bond acceptors (Lipinski definition) is 4. The second kappa shape index (κ2) is 11.2. The lowest BCUT2D eigenvalue weighted by atomic mass is 9.88. The average Bonchev–Trinajstić information content (AvgIpc) is 3.04. The fourth-order valence-electron chi connectivity index (χ4n) is 5.30. The first-order chi connectivity index (χ1) is 16.7. The van der Waals surface area contributed by atoms with Crippen molar-refractivity contribution >= 4 is 34.5 Å². The monoisotopic (exact) mass is 496 g/mol. The first kappa shape index (κ1) is 23.7. The minimum atomic E-state index is 0.807. The van der Waals surface area contributed by atoms with Crippen LogP contribution in [0.2, 0.25) is 5.02 Å². The number of nitrogens with one attached hydrogen (secondary N) is 1. The van der Waals surface area contributed by atoms with E-state index in [1.165, 1.54) is 27.8 Å². The first-order valence-corrected chi connectivity index (χ1v) is 13.3. The van der Waals surface area contributed by atoms with Gasteiger partial charge < -0.3 is 15.0 Å². The van der Waals surface area contributed by atoms with Gasteiger partial charge in [0.25, 0.3) is 0 Å². The number of morpholine rings is 1. The van der Waals surface area contributed by atoms with Gasteiger partial charge in [-0.25, -0.2) is 0 Å². The fraction of sp³-hybridized carbons (Fsp3) is 0.481. The number of piperidine rings is 1. The van der Waals surface area contributed by atoms with Gasteiger partial charge in [-0.15, -0.1) is 0 Å². The largest absolute Gasteiger partial charge is 0.379 e. The van der Waals surface area contributed by atoms with Crippen molar-refractivity contribution in [3.8, 4) is 0 Å². The zero-order valence-corrected chi connectivity index (χ0v) is 21.3. The molecule has 2 saturated heterocycles. The predicted octanol–water partition coefficient (Wildman–Crippen LogP) is 4.33. The van der Waals surface area contributed by atoms with Crippen molar-refractivity contribution in [2.75, 3.05) is 52.5 Å². The zero-order valence-electron chi connectivity index (χ0n) is 19.7. The van der Waals surface area contributed by atoms with Crippen LogP contribution in [0.15, 0.2) is 42.1 Å². The molecule has 2 aromatic rings. The lowest BCUT2D eigenvalue weighted by Gasteiger charge is -2.32. The fourth-order valence-corrected chi connectivity index (χ4v) is 5.78. The van der Waals surface area contributed by atoms with E-state index in [0.717, 1.165) is 100 Å². The highest BCUT2D eigenvalue weighted by molar-refractivity contribution is 7.80. The summed E-state index contributed by atoms with van der Waals surface area (Å²) in [6.45, 7) is 7.71. The number of ether oxygens (including phenoxy) is 1. The zero-order chi connectivity index (χ0) is 23.3. The van der Waals surface area contributed by atoms with Gasteiger partial charge in [-0.2, -0.15) is 0 Å². The molecular formula is C27H33ClN4OS. The molecule has 0 saturated carbocycles. The smallest absolute Gasteiger partial charge is 0.168 e. The molecule has 7 heteroatoms. The summed E-state index contributed by atoms with van der Waals surface area (Å²) in [4.78, 5) is 9.64. The average molecular weight is 497 g/mol. The number of benzene rings is 1. The third-order valence-electron chi connectivity index (χ3n) is 7.17. The van der Waals surface area contributed by atoms with E-state index in [-0.39, 0.29) is 0 Å². The highest BCUT2D eigenvalue weighted by Gasteiger charge is 2.25. The molecule has 2 fully saturated rings. The van der Waals surface area contributed by atoms with Crippen LogP contribution in [0.1, 0.15) is 41.6 Å². The summed E-state index contributed by atoms with van der Waals surface area (Å²) in [6.07, 6.45) is 7.02. The number of halogens is 1. The Morgan fingerprint density at radius 1 is 1.03 bits per heavy atom. The molecule has 0 bridgehead atoms. The summed E-state index contributed by atoms with van der Waals surface area (Å²) in [5, 5.41) is 5.18. The standard InChI is InChI=1S/C27H33ClN4OS/c28-23-6-7-24-22(19-23)5-4-21-3-1-10-29-26(21)25(24)20-8-13-32(14-9-20)27(34)30-11-2-12-31-15-17-33-18-16-31/h1,3,6-7,10,19H,2,4-5,8-9,11-18H2,(H,30,34). The van der Waals surface area contributed by atoms with E-state index >= 15 is 0 Å². The highest BCUT2D eigenvalue weighted by Crippen LogP contribution is 2.38. The maximum absolute atomic E-state index is 6.36. The first-order valence-electron chi connectivity index (χ1n) is 12.5. The Balaban J connectivity index is 1.25. The highest BCUT2D eigenvalue weighted by atomic mass is 35.5. The molecule has 5 nitrogen and oxygen atoms in total. The van der Waals surface area contributed by atoms with Gasteiger partial charge in [0, 0.05) is 49.5 Å². The van der Waals surface area contributed by atoms with Crippen molar-refractivity contribution in [3.63, 3.8) is 0 Å². The molecule has 0 spiro atoms. The van der Waals surface area contributed by atoms with E-state index in [9.17, 15) is 0 Å². The molecule has 0 radical (unpaired) electrons. The van der Waals surface area contributed by atoms with Gasteiger partial charge in [-0.05, 0) is 85.8 Å².